The first-order chi connectivity index (χ1) is 10.9. The van der Waals surface area contributed by atoms with Crippen LogP contribution in [0.1, 0.15) is 40.0 Å². The van der Waals surface area contributed by atoms with E-state index >= 15 is 0 Å². The maximum atomic E-state index is 12.7. The van der Waals surface area contributed by atoms with Crippen molar-refractivity contribution in [2.75, 3.05) is 39.5 Å². The Labute approximate surface area is 136 Å². The Morgan fingerprint density at radius 2 is 0.957 bits per heavy atom. The Hall–Kier alpha value is -1.67. The maximum Gasteiger partial charge on any atom is 0.305 e. The molecule has 134 valence electrons. The molecule has 0 bridgehead atoms. The molecule has 0 rings (SSSR count). The summed E-state index contributed by atoms with van der Waals surface area (Å²) in [5.74, 6) is -1.15. The minimum atomic E-state index is -0.759. The van der Waals surface area contributed by atoms with Crippen LogP contribution in [0, 0.1) is 5.21 Å². The lowest BCUT2D eigenvalue weighted by molar-refractivity contribution is -0.881. The third kappa shape index (κ3) is 10.6. The topological polar surface area (TPSA) is 102 Å². The number of ether oxygens (including phenoxy) is 3. The number of carbonyl (C=O) groups excluding carboxylic acids is 3. The monoisotopic (exact) mass is 333 g/mol. The molecule has 0 fully saturated rings. The molecule has 0 aliphatic rings. The fourth-order valence-corrected chi connectivity index (χ4v) is 1.62. The van der Waals surface area contributed by atoms with Crippen molar-refractivity contribution in [1.29, 1.82) is 0 Å². The molecule has 0 aromatic carbocycles. The molecule has 0 aliphatic carbocycles. The minimum absolute atomic E-state index is 0.0130. The number of rotatable bonds is 12. The van der Waals surface area contributed by atoms with E-state index in [0.29, 0.717) is 0 Å². The van der Waals surface area contributed by atoms with E-state index in [1.54, 1.807) is 20.8 Å². The lowest BCUT2D eigenvalue weighted by atomic mass is 10.4. The number of hydrogen-bond acceptors (Lipinski definition) is 7. The van der Waals surface area contributed by atoms with Gasteiger partial charge in [0.05, 0.1) is 0 Å². The fraction of sp³-hybridized carbons (Fsp3) is 0.800. The number of nitrogens with zero attached hydrogens (tertiary/aromatic N) is 1. The zero-order valence-electron chi connectivity index (χ0n) is 14.2. The summed E-state index contributed by atoms with van der Waals surface area (Å²) in [5.41, 5.74) is 0. The molecule has 8 heteroatoms. The summed E-state index contributed by atoms with van der Waals surface area (Å²) in [5, 5.41) is 12.7. The molecule has 0 heterocycles. The van der Waals surface area contributed by atoms with E-state index in [4.69, 9.17) is 14.2 Å². The van der Waals surface area contributed by atoms with Gasteiger partial charge in [0.15, 0.2) is 0 Å². The average Bonchev–Trinajstić information content (AvgIpc) is 2.54. The quantitative estimate of drug-likeness (QED) is 0.228. The third-order valence-electron chi connectivity index (χ3n) is 3.15. The molecule has 0 atom stereocenters. The molecular weight excluding hydrogens is 306 g/mol. The average molecular weight is 333 g/mol. The van der Waals surface area contributed by atoms with Gasteiger partial charge in [0.2, 0.25) is 0 Å². The zero-order valence-corrected chi connectivity index (χ0v) is 14.2. The van der Waals surface area contributed by atoms with Gasteiger partial charge in [-0.25, -0.2) is 0 Å². The van der Waals surface area contributed by atoms with Crippen molar-refractivity contribution in [2.45, 2.75) is 40.0 Å². The van der Waals surface area contributed by atoms with Crippen LogP contribution in [0.4, 0.5) is 0 Å². The Morgan fingerprint density at radius 1 is 0.696 bits per heavy atom. The highest BCUT2D eigenvalue weighted by Crippen LogP contribution is 2.06. The summed E-state index contributed by atoms with van der Waals surface area (Å²) in [4.78, 5) is 33.3. The van der Waals surface area contributed by atoms with Gasteiger partial charge in [-0.2, -0.15) is 0 Å². The molecule has 0 aromatic rings. The largest absolute Gasteiger partial charge is 0.633 e. The van der Waals surface area contributed by atoms with Gasteiger partial charge in [0.25, 0.3) is 0 Å². The highest BCUT2D eigenvalue weighted by Gasteiger charge is 2.19. The summed E-state index contributed by atoms with van der Waals surface area (Å²) in [6.07, 6.45) is 0.712. The molecule has 0 unspecified atom stereocenters. The Morgan fingerprint density at radius 3 is 1.17 bits per heavy atom. The third-order valence-corrected chi connectivity index (χ3v) is 3.15. The summed E-state index contributed by atoms with van der Waals surface area (Å²) in [6, 6.07) is 0. The molecule has 0 N–H and O–H groups in total. The van der Waals surface area contributed by atoms with Crippen molar-refractivity contribution < 1.29 is 33.2 Å². The minimum Gasteiger partial charge on any atom is -0.633 e. The lowest BCUT2D eigenvalue weighted by Gasteiger charge is -2.42. The Kier molecular flexibility index (Phi) is 11.0. The normalized spacial score (nSPS) is 11.0. The van der Waals surface area contributed by atoms with Crippen LogP contribution in [0.5, 0.6) is 0 Å². The van der Waals surface area contributed by atoms with Crippen LogP contribution < -0.4 is 0 Å². The highest BCUT2D eigenvalue weighted by atomic mass is 16.6. The molecule has 0 aliphatic heterocycles. The molecule has 0 radical (unpaired) electrons. The van der Waals surface area contributed by atoms with Crippen LogP contribution in [0.2, 0.25) is 0 Å². The molecular formula is C15H27NO7. The maximum absolute atomic E-state index is 12.7. The van der Waals surface area contributed by atoms with Gasteiger partial charge in [-0.3, -0.25) is 14.4 Å². The molecule has 0 spiro atoms. The van der Waals surface area contributed by atoms with Crippen molar-refractivity contribution in [1.82, 2.24) is 0 Å². The summed E-state index contributed by atoms with van der Waals surface area (Å²) in [6.45, 7) is 4.94. The van der Waals surface area contributed by atoms with Crippen molar-refractivity contribution in [3.05, 3.63) is 5.21 Å². The SMILES string of the molecule is CCC(=O)OCC[N+]([O-])(CCOC(=O)CC)CCOC(=O)CC. The van der Waals surface area contributed by atoms with E-state index in [-0.39, 0.29) is 76.6 Å². The van der Waals surface area contributed by atoms with Crippen molar-refractivity contribution >= 4 is 17.9 Å². The number of hydroxylamine groups is 3. The van der Waals surface area contributed by atoms with Crippen LogP contribution >= 0.6 is 0 Å². The number of carbonyl (C=O) groups is 3. The van der Waals surface area contributed by atoms with Crippen LogP contribution in [-0.4, -0.2) is 62.0 Å². The smallest absolute Gasteiger partial charge is 0.305 e. The second kappa shape index (κ2) is 11.8. The van der Waals surface area contributed by atoms with Crippen molar-refractivity contribution in [3.63, 3.8) is 0 Å². The van der Waals surface area contributed by atoms with E-state index in [2.05, 4.69) is 0 Å². The number of quaternary nitrogens is 1. The van der Waals surface area contributed by atoms with E-state index in [1.807, 2.05) is 0 Å². The first-order valence-electron chi connectivity index (χ1n) is 7.90. The predicted octanol–water partition coefficient (Wildman–Crippen LogP) is 1.16. The Balaban J connectivity index is 4.39. The van der Waals surface area contributed by atoms with E-state index in [1.165, 1.54) is 0 Å². The second-order valence-corrected chi connectivity index (χ2v) is 4.95. The van der Waals surface area contributed by atoms with Crippen LogP contribution in [0.3, 0.4) is 0 Å². The van der Waals surface area contributed by atoms with Crippen LogP contribution in [-0.2, 0) is 28.6 Å². The van der Waals surface area contributed by atoms with Gasteiger partial charge in [-0.15, -0.1) is 0 Å². The zero-order chi connectivity index (χ0) is 17.7. The molecule has 8 nitrogen and oxygen atoms in total. The van der Waals surface area contributed by atoms with E-state index in [9.17, 15) is 19.6 Å². The summed E-state index contributed by atoms with van der Waals surface area (Å²) in [7, 11) is 0. The van der Waals surface area contributed by atoms with Crippen LogP contribution in [0.15, 0.2) is 0 Å². The molecule has 0 saturated heterocycles. The first kappa shape index (κ1) is 21.3. The molecule has 0 saturated carbocycles. The van der Waals surface area contributed by atoms with Gasteiger partial charge >= 0.3 is 17.9 Å². The van der Waals surface area contributed by atoms with Crippen LogP contribution in [0.25, 0.3) is 0 Å². The summed E-state index contributed by atoms with van der Waals surface area (Å²) >= 11 is 0. The number of esters is 3. The van der Waals surface area contributed by atoms with E-state index < -0.39 is 4.65 Å². The lowest BCUT2D eigenvalue weighted by Crippen LogP contribution is -2.49. The fourth-order valence-electron chi connectivity index (χ4n) is 1.62. The van der Waals surface area contributed by atoms with Crippen molar-refractivity contribution in [3.8, 4) is 0 Å². The van der Waals surface area contributed by atoms with Gasteiger partial charge in [0.1, 0.15) is 39.5 Å². The predicted molar refractivity (Wildman–Crippen MR) is 82.0 cm³/mol. The second-order valence-electron chi connectivity index (χ2n) is 4.95. The van der Waals surface area contributed by atoms with Gasteiger partial charge in [-0.05, 0) is 0 Å². The Bertz CT molecular complexity index is 329. The molecule has 0 amide bonds. The van der Waals surface area contributed by atoms with Gasteiger partial charge < -0.3 is 24.1 Å². The first-order valence-corrected chi connectivity index (χ1v) is 7.90. The van der Waals surface area contributed by atoms with E-state index in [0.717, 1.165) is 0 Å². The molecule has 0 aromatic heterocycles. The van der Waals surface area contributed by atoms with Gasteiger partial charge in [-0.1, -0.05) is 20.8 Å². The van der Waals surface area contributed by atoms with Crippen molar-refractivity contribution in [2.24, 2.45) is 0 Å². The summed E-state index contributed by atoms with van der Waals surface area (Å²) < 4.78 is 14.0. The van der Waals surface area contributed by atoms with Gasteiger partial charge in [0, 0.05) is 19.3 Å². The standard InChI is InChI=1S/C15H27NO7/c1-4-13(17)21-10-7-16(20,8-11-22-14(18)5-2)9-12-23-15(19)6-3/h4-12H2,1-3H3. The molecule has 23 heavy (non-hydrogen) atoms. The highest BCUT2D eigenvalue weighted by molar-refractivity contribution is 5.69. The number of hydrogen-bond donors (Lipinski definition) is 0.